The first-order chi connectivity index (χ1) is 15.1. The number of benzene rings is 2. The molecule has 4 rings (SSSR count). The zero-order valence-electron chi connectivity index (χ0n) is 16.8. The number of furan rings is 1. The first-order valence-corrected chi connectivity index (χ1v) is 10.0. The number of hydrogen-bond acceptors (Lipinski definition) is 6. The van der Waals surface area contributed by atoms with E-state index in [-0.39, 0.29) is 37.3 Å². The van der Waals surface area contributed by atoms with Crippen molar-refractivity contribution in [1.29, 1.82) is 0 Å². The van der Waals surface area contributed by atoms with E-state index in [1.165, 1.54) is 4.90 Å². The number of carbonyl (C=O) groups is 3. The van der Waals surface area contributed by atoms with E-state index in [9.17, 15) is 14.4 Å². The number of hydrogen-bond donors (Lipinski definition) is 0. The summed E-state index contributed by atoms with van der Waals surface area (Å²) in [6.45, 7) is 0.655. The summed E-state index contributed by atoms with van der Waals surface area (Å²) in [5, 5.41) is 0. The van der Waals surface area contributed by atoms with Crippen LogP contribution in [0.4, 0.5) is 0 Å². The largest absolute Gasteiger partial charge is 0.486 e. The highest BCUT2D eigenvalue weighted by Gasteiger charge is 2.34. The smallest absolute Gasteiger partial charge is 0.374 e. The van der Waals surface area contributed by atoms with Crippen LogP contribution in [0.3, 0.4) is 0 Å². The second kappa shape index (κ2) is 9.30. The van der Waals surface area contributed by atoms with Crippen molar-refractivity contribution in [2.75, 3.05) is 13.2 Å². The maximum absolute atomic E-state index is 12.3. The Morgan fingerprint density at radius 3 is 2.23 bits per heavy atom. The van der Waals surface area contributed by atoms with Gasteiger partial charge in [-0.05, 0) is 49.2 Å². The Morgan fingerprint density at radius 2 is 1.52 bits per heavy atom. The number of imide groups is 1. The summed E-state index contributed by atoms with van der Waals surface area (Å²) in [7, 11) is 0. The number of carbonyl (C=O) groups excluding carboxylic acids is 3. The molecule has 158 valence electrons. The van der Waals surface area contributed by atoms with Crippen LogP contribution in [0, 0.1) is 0 Å². The number of para-hydroxylation sites is 1. The molecule has 0 atom stereocenters. The van der Waals surface area contributed by atoms with Crippen LogP contribution in [0.1, 0.15) is 49.9 Å². The minimum Gasteiger partial charge on any atom is -0.486 e. The molecule has 31 heavy (non-hydrogen) atoms. The van der Waals surface area contributed by atoms with Crippen molar-refractivity contribution in [3.63, 3.8) is 0 Å². The number of esters is 1. The minimum atomic E-state index is -0.563. The zero-order valence-corrected chi connectivity index (χ0v) is 16.8. The summed E-state index contributed by atoms with van der Waals surface area (Å²) in [5.74, 6) is 0.207. The molecule has 1 aromatic heterocycles. The van der Waals surface area contributed by atoms with E-state index in [1.807, 2.05) is 30.3 Å². The van der Waals surface area contributed by atoms with E-state index in [0.29, 0.717) is 35.5 Å². The fourth-order valence-corrected chi connectivity index (χ4v) is 3.29. The second-order valence-corrected chi connectivity index (χ2v) is 7.02. The summed E-state index contributed by atoms with van der Waals surface area (Å²) in [6, 6.07) is 19.3. The summed E-state index contributed by atoms with van der Waals surface area (Å²) in [4.78, 5) is 38.0. The molecule has 2 amide bonds. The number of nitrogens with zero attached hydrogens (tertiary/aromatic N) is 1. The lowest BCUT2D eigenvalue weighted by atomic mass is 10.1. The first kappa shape index (κ1) is 20.4. The first-order valence-electron chi connectivity index (χ1n) is 10.0. The van der Waals surface area contributed by atoms with Gasteiger partial charge in [0.05, 0.1) is 17.7 Å². The maximum atomic E-state index is 12.3. The van der Waals surface area contributed by atoms with Crippen LogP contribution in [0.5, 0.6) is 5.75 Å². The quantitative estimate of drug-likeness (QED) is 0.295. The van der Waals surface area contributed by atoms with Gasteiger partial charge in [-0.3, -0.25) is 14.5 Å². The normalized spacial score (nSPS) is 12.7. The van der Waals surface area contributed by atoms with Gasteiger partial charge < -0.3 is 13.9 Å². The third-order valence-electron chi connectivity index (χ3n) is 4.87. The molecule has 0 N–H and O–H groups in total. The number of ether oxygens (including phenoxy) is 2. The fourth-order valence-electron chi connectivity index (χ4n) is 3.29. The van der Waals surface area contributed by atoms with E-state index in [1.54, 1.807) is 36.4 Å². The predicted octanol–water partition coefficient (Wildman–Crippen LogP) is 4.09. The van der Waals surface area contributed by atoms with Crippen molar-refractivity contribution < 1.29 is 28.3 Å². The van der Waals surface area contributed by atoms with Gasteiger partial charge in [-0.15, -0.1) is 0 Å². The highest BCUT2D eigenvalue weighted by Crippen LogP contribution is 2.22. The number of fused-ring (bicyclic) bond motifs is 1. The lowest BCUT2D eigenvalue weighted by Gasteiger charge is -2.13. The molecule has 0 aliphatic carbocycles. The highest BCUT2D eigenvalue weighted by atomic mass is 16.5. The topological polar surface area (TPSA) is 86.0 Å². The van der Waals surface area contributed by atoms with Crippen LogP contribution < -0.4 is 4.74 Å². The van der Waals surface area contributed by atoms with Gasteiger partial charge in [-0.25, -0.2) is 4.79 Å². The van der Waals surface area contributed by atoms with Gasteiger partial charge in [0.25, 0.3) is 11.8 Å². The molecule has 0 fully saturated rings. The van der Waals surface area contributed by atoms with Crippen LogP contribution in [-0.4, -0.2) is 35.8 Å². The van der Waals surface area contributed by atoms with Crippen molar-refractivity contribution in [1.82, 2.24) is 4.90 Å². The van der Waals surface area contributed by atoms with E-state index < -0.39 is 5.97 Å². The molecular weight excluding hydrogens is 398 g/mol. The standard InChI is InChI=1S/C24H21NO6/c26-22-19-10-4-5-11-20(19)23(27)25(22)14-6-7-15-29-24(28)21-13-12-18(31-21)16-30-17-8-2-1-3-9-17/h1-5,8-13H,6-7,14-16H2. The fraction of sp³-hybridized carbons (Fsp3) is 0.208. The molecule has 2 heterocycles. The van der Waals surface area contributed by atoms with Gasteiger partial charge in [0.2, 0.25) is 5.76 Å². The zero-order chi connectivity index (χ0) is 21.6. The van der Waals surface area contributed by atoms with Gasteiger partial charge in [0.15, 0.2) is 0 Å². The molecule has 1 aliphatic heterocycles. The van der Waals surface area contributed by atoms with Crippen LogP contribution in [0.2, 0.25) is 0 Å². The van der Waals surface area contributed by atoms with Crippen LogP contribution in [0.25, 0.3) is 0 Å². The Kier molecular flexibility index (Phi) is 6.12. The SMILES string of the molecule is O=C(OCCCCN1C(=O)c2ccccc2C1=O)c1ccc(COc2ccccc2)o1. The van der Waals surface area contributed by atoms with E-state index in [4.69, 9.17) is 13.9 Å². The van der Waals surface area contributed by atoms with E-state index >= 15 is 0 Å². The molecule has 0 spiro atoms. The summed E-state index contributed by atoms with van der Waals surface area (Å²) in [6.07, 6.45) is 1.05. The monoisotopic (exact) mass is 419 g/mol. The van der Waals surface area contributed by atoms with Gasteiger partial charge >= 0.3 is 5.97 Å². The Morgan fingerprint density at radius 1 is 0.839 bits per heavy atom. The summed E-state index contributed by atoms with van der Waals surface area (Å²) >= 11 is 0. The van der Waals surface area contributed by atoms with Crippen LogP contribution in [-0.2, 0) is 11.3 Å². The Bertz CT molecular complexity index is 1050. The minimum absolute atomic E-state index is 0.104. The van der Waals surface area contributed by atoms with Crippen LogP contribution >= 0.6 is 0 Å². The maximum Gasteiger partial charge on any atom is 0.374 e. The molecule has 0 saturated carbocycles. The molecule has 2 aromatic carbocycles. The molecular formula is C24H21NO6. The van der Waals surface area contributed by atoms with Crippen molar-refractivity contribution in [2.24, 2.45) is 0 Å². The predicted molar refractivity (Wildman–Crippen MR) is 111 cm³/mol. The Labute approximate surface area is 179 Å². The summed E-state index contributed by atoms with van der Waals surface area (Å²) < 4.78 is 16.3. The number of rotatable bonds is 9. The molecule has 0 bridgehead atoms. The third-order valence-corrected chi connectivity index (χ3v) is 4.87. The Hall–Kier alpha value is -3.87. The van der Waals surface area contributed by atoms with Gasteiger partial charge in [-0.1, -0.05) is 30.3 Å². The van der Waals surface area contributed by atoms with Gasteiger partial charge in [-0.2, -0.15) is 0 Å². The van der Waals surface area contributed by atoms with E-state index in [0.717, 1.165) is 0 Å². The Balaban J connectivity index is 1.18. The molecule has 0 radical (unpaired) electrons. The third kappa shape index (κ3) is 4.66. The molecule has 1 aliphatic rings. The van der Waals surface area contributed by atoms with Crippen molar-refractivity contribution in [3.8, 4) is 5.75 Å². The molecule has 7 nitrogen and oxygen atoms in total. The molecule has 0 saturated heterocycles. The number of unbranched alkanes of at least 4 members (excludes halogenated alkanes) is 1. The molecule has 3 aromatic rings. The lowest BCUT2D eigenvalue weighted by molar-refractivity contribution is 0.0448. The average Bonchev–Trinajstić information content (AvgIpc) is 3.37. The molecule has 0 unspecified atom stereocenters. The van der Waals surface area contributed by atoms with E-state index in [2.05, 4.69) is 0 Å². The summed E-state index contributed by atoms with van der Waals surface area (Å²) in [5.41, 5.74) is 0.868. The lowest BCUT2D eigenvalue weighted by Crippen LogP contribution is -2.30. The van der Waals surface area contributed by atoms with Crippen molar-refractivity contribution in [2.45, 2.75) is 19.4 Å². The van der Waals surface area contributed by atoms with Crippen molar-refractivity contribution in [3.05, 3.63) is 89.4 Å². The number of amides is 2. The van der Waals surface area contributed by atoms with Crippen molar-refractivity contribution >= 4 is 17.8 Å². The van der Waals surface area contributed by atoms with Gasteiger partial charge in [0.1, 0.15) is 18.1 Å². The van der Waals surface area contributed by atoms with Gasteiger partial charge in [0, 0.05) is 6.54 Å². The highest BCUT2D eigenvalue weighted by molar-refractivity contribution is 6.21. The average molecular weight is 419 g/mol. The second-order valence-electron chi connectivity index (χ2n) is 7.02. The molecule has 7 heteroatoms. The van der Waals surface area contributed by atoms with Crippen LogP contribution in [0.15, 0.2) is 71.1 Å².